The highest BCUT2D eigenvalue weighted by Crippen LogP contribution is 2.25. The molecule has 0 aliphatic carbocycles. The predicted molar refractivity (Wildman–Crippen MR) is 94.6 cm³/mol. The maximum Gasteiger partial charge on any atom is 0.374 e. The minimum absolute atomic E-state index is 0.0706. The summed E-state index contributed by atoms with van der Waals surface area (Å²) in [7, 11) is 0. The predicted octanol–water partition coefficient (Wildman–Crippen LogP) is 3.82. The molecule has 0 saturated heterocycles. The van der Waals surface area contributed by atoms with Crippen molar-refractivity contribution in [2.24, 2.45) is 0 Å². The van der Waals surface area contributed by atoms with Crippen molar-refractivity contribution in [3.63, 3.8) is 0 Å². The zero-order valence-corrected chi connectivity index (χ0v) is 14.6. The summed E-state index contributed by atoms with van der Waals surface area (Å²) >= 11 is 1.31. The number of benzene rings is 1. The van der Waals surface area contributed by atoms with Gasteiger partial charge in [0, 0.05) is 10.9 Å². The van der Waals surface area contributed by atoms with Gasteiger partial charge in [0.05, 0.1) is 5.69 Å². The van der Waals surface area contributed by atoms with Crippen molar-refractivity contribution in [1.82, 2.24) is 4.98 Å². The van der Waals surface area contributed by atoms with E-state index in [4.69, 9.17) is 9.15 Å². The van der Waals surface area contributed by atoms with Gasteiger partial charge in [0.15, 0.2) is 11.7 Å². The van der Waals surface area contributed by atoms with Gasteiger partial charge >= 0.3 is 5.97 Å². The third-order valence-corrected chi connectivity index (χ3v) is 4.13. The van der Waals surface area contributed by atoms with Crippen LogP contribution < -0.4 is 5.32 Å². The first-order valence-corrected chi connectivity index (χ1v) is 8.45. The molecule has 0 radical (unpaired) electrons. The number of carbonyl (C=O) groups is 2. The number of rotatable bonds is 5. The SMILES string of the molecule is Cc1ccc(-c2csc(NC(=O)COC(=O)c3ccc(C)o3)n2)cc1. The van der Waals surface area contributed by atoms with Crippen LogP contribution in [-0.2, 0) is 9.53 Å². The molecular formula is C18H16N2O4S. The average molecular weight is 356 g/mol. The number of anilines is 1. The summed E-state index contributed by atoms with van der Waals surface area (Å²) < 4.78 is 10.1. The fourth-order valence-electron chi connectivity index (χ4n) is 2.09. The lowest BCUT2D eigenvalue weighted by Crippen LogP contribution is -2.20. The third kappa shape index (κ3) is 4.33. The monoisotopic (exact) mass is 356 g/mol. The molecule has 0 spiro atoms. The van der Waals surface area contributed by atoms with Gasteiger partial charge in [-0.1, -0.05) is 29.8 Å². The van der Waals surface area contributed by atoms with Crippen LogP contribution in [0.25, 0.3) is 11.3 Å². The van der Waals surface area contributed by atoms with Crippen LogP contribution in [-0.4, -0.2) is 23.5 Å². The smallest absolute Gasteiger partial charge is 0.374 e. The van der Waals surface area contributed by atoms with E-state index in [1.165, 1.54) is 23.0 Å². The number of nitrogens with one attached hydrogen (secondary N) is 1. The molecule has 0 saturated carbocycles. The van der Waals surface area contributed by atoms with Gasteiger partial charge in [-0.2, -0.15) is 0 Å². The zero-order chi connectivity index (χ0) is 17.8. The molecule has 3 aromatic rings. The number of hydrogen-bond acceptors (Lipinski definition) is 6. The Bertz CT molecular complexity index is 896. The molecule has 2 heterocycles. The molecule has 2 aromatic heterocycles. The van der Waals surface area contributed by atoms with Crippen molar-refractivity contribution in [2.45, 2.75) is 13.8 Å². The number of esters is 1. The first-order chi connectivity index (χ1) is 12.0. The van der Waals surface area contributed by atoms with E-state index < -0.39 is 18.5 Å². The number of ether oxygens (including phenoxy) is 1. The van der Waals surface area contributed by atoms with E-state index in [-0.39, 0.29) is 5.76 Å². The van der Waals surface area contributed by atoms with Crippen molar-refractivity contribution in [1.29, 1.82) is 0 Å². The van der Waals surface area contributed by atoms with E-state index in [1.54, 1.807) is 13.0 Å². The van der Waals surface area contributed by atoms with E-state index >= 15 is 0 Å². The van der Waals surface area contributed by atoms with Gasteiger partial charge in [0.1, 0.15) is 5.76 Å². The minimum atomic E-state index is -0.678. The lowest BCUT2D eigenvalue weighted by Gasteiger charge is -2.03. The second kappa shape index (κ2) is 7.31. The Hall–Kier alpha value is -2.93. The van der Waals surface area contributed by atoms with Crippen LogP contribution in [0, 0.1) is 13.8 Å². The van der Waals surface area contributed by atoms with Crippen LogP contribution in [0.2, 0.25) is 0 Å². The first kappa shape index (κ1) is 16.9. The molecule has 3 rings (SSSR count). The largest absolute Gasteiger partial charge is 0.454 e. The van der Waals surface area contributed by atoms with E-state index in [1.807, 2.05) is 36.6 Å². The highest BCUT2D eigenvalue weighted by Gasteiger charge is 2.14. The molecule has 7 heteroatoms. The Balaban J connectivity index is 1.55. The maximum absolute atomic E-state index is 11.9. The number of carbonyl (C=O) groups excluding carboxylic acids is 2. The summed E-state index contributed by atoms with van der Waals surface area (Å²) in [4.78, 5) is 28.0. The fourth-order valence-corrected chi connectivity index (χ4v) is 2.83. The van der Waals surface area contributed by atoms with Gasteiger partial charge < -0.3 is 9.15 Å². The van der Waals surface area contributed by atoms with E-state index in [2.05, 4.69) is 10.3 Å². The summed E-state index contributed by atoms with van der Waals surface area (Å²) in [6.45, 7) is 3.33. The summed E-state index contributed by atoms with van der Waals surface area (Å²) in [6.07, 6.45) is 0. The second-order valence-corrected chi connectivity index (χ2v) is 6.30. The molecule has 1 N–H and O–H groups in total. The average Bonchev–Trinajstić information content (AvgIpc) is 3.22. The van der Waals surface area contributed by atoms with Crippen molar-refractivity contribution >= 4 is 28.3 Å². The molecule has 0 aliphatic rings. The van der Waals surface area contributed by atoms with Crippen LogP contribution in [0.4, 0.5) is 5.13 Å². The molecule has 1 aromatic carbocycles. The van der Waals surface area contributed by atoms with Crippen LogP contribution >= 0.6 is 11.3 Å². The molecule has 0 aliphatic heterocycles. The van der Waals surface area contributed by atoms with Crippen LogP contribution in [0.1, 0.15) is 21.9 Å². The first-order valence-electron chi connectivity index (χ1n) is 7.57. The molecule has 6 nitrogen and oxygen atoms in total. The van der Waals surface area contributed by atoms with Gasteiger partial charge in [-0.15, -0.1) is 11.3 Å². The van der Waals surface area contributed by atoms with Crippen LogP contribution in [0.5, 0.6) is 0 Å². The van der Waals surface area contributed by atoms with E-state index in [9.17, 15) is 9.59 Å². The Morgan fingerprint density at radius 3 is 2.60 bits per heavy atom. The summed E-state index contributed by atoms with van der Waals surface area (Å²) in [6, 6.07) is 11.1. The number of furan rings is 1. The zero-order valence-electron chi connectivity index (χ0n) is 13.7. The Labute approximate surface area is 148 Å². The summed E-state index contributed by atoms with van der Waals surface area (Å²) in [5.41, 5.74) is 2.92. The molecule has 0 fully saturated rings. The third-order valence-electron chi connectivity index (χ3n) is 3.37. The highest BCUT2D eigenvalue weighted by atomic mass is 32.1. The minimum Gasteiger partial charge on any atom is -0.454 e. The summed E-state index contributed by atoms with van der Waals surface area (Å²) in [5.74, 6) is -0.465. The van der Waals surface area contributed by atoms with Gasteiger partial charge in [-0.3, -0.25) is 10.1 Å². The number of thiazole rings is 1. The molecule has 0 atom stereocenters. The quantitative estimate of drug-likeness (QED) is 0.703. The van der Waals surface area contributed by atoms with Gasteiger partial charge in [-0.25, -0.2) is 9.78 Å². The molecule has 1 amide bonds. The highest BCUT2D eigenvalue weighted by molar-refractivity contribution is 7.14. The lowest BCUT2D eigenvalue weighted by molar-refractivity contribution is -0.119. The number of aryl methyl sites for hydroxylation is 2. The molecule has 25 heavy (non-hydrogen) atoms. The van der Waals surface area contributed by atoms with Crippen molar-refractivity contribution < 1.29 is 18.7 Å². The van der Waals surface area contributed by atoms with Crippen LogP contribution in [0.3, 0.4) is 0 Å². The fraction of sp³-hybridized carbons (Fsp3) is 0.167. The van der Waals surface area contributed by atoms with Crippen LogP contribution in [0.15, 0.2) is 46.2 Å². The van der Waals surface area contributed by atoms with Gasteiger partial charge in [0.2, 0.25) is 5.76 Å². The van der Waals surface area contributed by atoms with E-state index in [0.717, 1.165) is 11.3 Å². The topological polar surface area (TPSA) is 81.4 Å². The second-order valence-electron chi connectivity index (χ2n) is 5.44. The van der Waals surface area contributed by atoms with Crippen molar-refractivity contribution in [2.75, 3.05) is 11.9 Å². The maximum atomic E-state index is 11.9. The summed E-state index contributed by atoms with van der Waals surface area (Å²) in [5, 5.41) is 4.92. The van der Waals surface area contributed by atoms with Crippen molar-refractivity contribution in [3.8, 4) is 11.3 Å². The molecule has 128 valence electrons. The Kier molecular flexibility index (Phi) is 4.95. The number of hydrogen-bond donors (Lipinski definition) is 1. The van der Waals surface area contributed by atoms with Crippen molar-refractivity contribution in [3.05, 3.63) is 58.9 Å². The van der Waals surface area contributed by atoms with Gasteiger partial charge in [0.25, 0.3) is 5.91 Å². The Morgan fingerprint density at radius 1 is 1.16 bits per heavy atom. The number of nitrogens with zero attached hydrogens (tertiary/aromatic N) is 1. The van der Waals surface area contributed by atoms with Gasteiger partial charge in [-0.05, 0) is 26.0 Å². The molecule has 0 unspecified atom stereocenters. The number of aromatic nitrogens is 1. The normalized spacial score (nSPS) is 10.5. The molecule has 0 bridgehead atoms. The number of amides is 1. The van der Waals surface area contributed by atoms with E-state index in [0.29, 0.717) is 10.9 Å². The Morgan fingerprint density at radius 2 is 1.92 bits per heavy atom. The molecular weight excluding hydrogens is 340 g/mol. The lowest BCUT2D eigenvalue weighted by atomic mass is 10.1. The standard InChI is InChI=1S/C18H16N2O4S/c1-11-3-6-13(7-4-11)14-10-25-18(19-14)20-16(21)9-23-17(22)15-8-5-12(2)24-15/h3-8,10H,9H2,1-2H3,(H,19,20,21).